The lowest BCUT2D eigenvalue weighted by Crippen LogP contribution is -3.06. The topological polar surface area (TPSA) is 46.9 Å². The molecule has 0 fully saturated rings. The Labute approximate surface area is 168 Å². The molecule has 0 aliphatic carbocycles. The zero-order chi connectivity index (χ0) is 19.6. The van der Waals surface area contributed by atoms with Crippen LogP contribution in [-0.2, 0) is 0 Å². The molecule has 2 aromatic carbocycles. The second-order valence-corrected chi connectivity index (χ2v) is 8.04. The number of rotatable bonds is 6. The van der Waals surface area contributed by atoms with E-state index in [9.17, 15) is 4.79 Å². The number of carbonyl (C=O) groups excluding carboxylic acids is 1. The van der Waals surface area contributed by atoms with E-state index in [1.807, 2.05) is 31.2 Å². The number of hydrogen-bond donors (Lipinski definition) is 1. The molecular weight excluding hydrogens is 382 g/mol. The molecule has 0 saturated heterocycles. The maximum Gasteiger partial charge on any atom is 0.261 e. The van der Waals surface area contributed by atoms with Gasteiger partial charge in [-0.2, -0.15) is 0 Å². The normalized spacial score (nSPS) is 11.2. The first kappa shape index (κ1) is 19.6. The second-order valence-electron chi connectivity index (χ2n) is 6.65. The van der Waals surface area contributed by atoms with Gasteiger partial charge in [-0.1, -0.05) is 41.1 Å². The fourth-order valence-corrected chi connectivity index (χ4v) is 4.07. The predicted octanol–water partition coefficient (Wildman–Crippen LogP) is 3.06. The molecule has 1 N–H and O–H groups in total. The van der Waals surface area contributed by atoms with E-state index in [1.54, 1.807) is 24.1 Å². The molecule has 1 amide bonds. The molecule has 0 spiro atoms. The van der Waals surface area contributed by atoms with Crippen LogP contribution in [0.1, 0.15) is 15.9 Å². The fraction of sp³-hybridized carbons (Fsp3) is 0.300. The summed E-state index contributed by atoms with van der Waals surface area (Å²) in [6.45, 7) is 3.38. The zero-order valence-corrected chi connectivity index (χ0v) is 17.4. The predicted molar refractivity (Wildman–Crippen MR) is 112 cm³/mol. The molecule has 0 aliphatic heterocycles. The Kier molecular flexibility index (Phi) is 5.99. The number of anilines is 1. The minimum Gasteiger partial charge on any atom is -0.494 e. The van der Waals surface area contributed by atoms with Crippen LogP contribution in [0.3, 0.4) is 0 Å². The highest BCUT2D eigenvalue weighted by molar-refractivity contribution is 7.22. The smallest absolute Gasteiger partial charge is 0.261 e. The lowest BCUT2D eigenvalue weighted by atomic mass is 10.2. The Morgan fingerprint density at radius 1 is 1.26 bits per heavy atom. The van der Waals surface area contributed by atoms with Gasteiger partial charge in [0.25, 0.3) is 5.91 Å². The van der Waals surface area contributed by atoms with Gasteiger partial charge in [-0.05, 0) is 30.7 Å². The van der Waals surface area contributed by atoms with E-state index in [0.717, 1.165) is 22.3 Å². The Hall–Kier alpha value is -2.15. The molecule has 0 bridgehead atoms. The third kappa shape index (κ3) is 4.08. The Morgan fingerprint density at radius 3 is 2.67 bits per heavy atom. The number of thiazole rings is 1. The molecule has 1 aromatic heterocycles. The van der Waals surface area contributed by atoms with Gasteiger partial charge in [0.2, 0.25) is 0 Å². The first-order chi connectivity index (χ1) is 12.9. The summed E-state index contributed by atoms with van der Waals surface area (Å²) in [7, 11) is 5.75. The Morgan fingerprint density at radius 2 is 2.00 bits per heavy atom. The van der Waals surface area contributed by atoms with Crippen LogP contribution in [0.5, 0.6) is 5.75 Å². The van der Waals surface area contributed by atoms with Crippen LogP contribution in [0.15, 0.2) is 36.4 Å². The molecule has 0 atom stereocenters. The number of methoxy groups -OCH3 is 1. The first-order valence-electron chi connectivity index (χ1n) is 8.72. The van der Waals surface area contributed by atoms with Gasteiger partial charge < -0.3 is 9.64 Å². The number of aromatic nitrogens is 1. The number of ether oxygens (including phenoxy) is 1. The third-order valence-corrected chi connectivity index (χ3v) is 5.87. The summed E-state index contributed by atoms with van der Waals surface area (Å²) in [6, 6.07) is 11.0. The third-order valence-electron chi connectivity index (χ3n) is 4.33. The van der Waals surface area contributed by atoms with Gasteiger partial charge >= 0.3 is 0 Å². The Balaban J connectivity index is 2.08. The number of halogens is 1. The number of fused-ring (bicyclic) bond motifs is 1. The van der Waals surface area contributed by atoms with Crippen LogP contribution in [-0.4, -0.2) is 45.2 Å². The SMILES string of the molecule is COc1ccc(C)c2sc(N(CC[NH+](C)C)C(=O)c3ccccc3Cl)nc12. The van der Waals surface area contributed by atoms with Gasteiger partial charge in [0.05, 0.1) is 49.6 Å². The van der Waals surface area contributed by atoms with E-state index < -0.39 is 0 Å². The van der Waals surface area contributed by atoms with E-state index in [1.165, 1.54) is 16.2 Å². The number of aryl methyl sites for hydroxylation is 1. The molecule has 142 valence electrons. The number of carbonyl (C=O) groups is 1. The van der Waals surface area contributed by atoms with Crippen LogP contribution in [0.2, 0.25) is 5.02 Å². The highest BCUT2D eigenvalue weighted by Crippen LogP contribution is 2.37. The van der Waals surface area contributed by atoms with Crippen LogP contribution in [0.4, 0.5) is 5.13 Å². The zero-order valence-electron chi connectivity index (χ0n) is 15.9. The maximum absolute atomic E-state index is 13.3. The number of nitrogens with zero attached hydrogens (tertiary/aromatic N) is 2. The lowest BCUT2D eigenvalue weighted by Gasteiger charge is -2.21. The number of nitrogens with one attached hydrogen (secondary N) is 1. The van der Waals surface area contributed by atoms with Gasteiger partial charge in [0.15, 0.2) is 5.13 Å². The van der Waals surface area contributed by atoms with E-state index >= 15 is 0 Å². The van der Waals surface area contributed by atoms with Crippen molar-refractivity contribution in [3.05, 3.63) is 52.5 Å². The van der Waals surface area contributed by atoms with Crippen molar-refractivity contribution in [2.24, 2.45) is 0 Å². The number of benzene rings is 2. The standard InChI is InChI=1S/C20H22ClN3O2S/c1-13-9-10-16(26-4)17-18(13)27-20(22-17)24(12-11-23(2)3)19(25)14-7-5-6-8-15(14)21/h5-10H,11-12H2,1-4H3/p+1. The number of amides is 1. The van der Waals surface area contributed by atoms with Crippen LogP contribution in [0.25, 0.3) is 10.2 Å². The minimum absolute atomic E-state index is 0.141. The molecule has 0 aliphatic rings. The maximum atomic E-state index is 13.3. The summed E-state index contributed by atoms with van der Waals surface area (Å²) in [5.41, 5.74) is 2.38. The largest absolute Gasteiger partial charge is 0.494 e. The molecule has 0 saturated carbocycles. The van der Waals surface area contributed by atoms with Crippen LogP contribution < -0.4 is 14.5 Å². The molecule has 7 heteroatoms. The fourth-order valence-electron chi connectivity index (χ4n) is 2.78. The molecule has 0 radical (unpaired) electrons. The van der Waals surface area contributed by atoms with Crippen molar-refractivity contribution in [3.63, 3.8) is 0 Å². The molecule has 5 nitrogen and oxygen atoms in total. The van der Waals surface area contributed by atoms with Gasteiger partial charge in [-0.3, -0.25) is 9.69 Å². The van der Waals surface area contributed by atoms with Gasteiger partial charge in [-0.25, -0.2) is 4.98 Å². The van der Waals surface area contributed by atoms with E-state index in [0.29, 0.717) is 28.0 Å². The molecule has 3 rings (SSSR count). The highest BCUT2D eigenvalue weighted by atomic mass is 35.5. The Bertz CT molecular complexity index is 971. The van der Waals surface area contributed by atoms with Gasteiger partial charge in [0, 0.05) is 0 Å². The quantitative estimate of drug-likeness (QED) is 0.686. The highest BCUT2D eigenvalue weighted by Gasteiger charge is 2.24. The lowest BCUT2D eigenvalue weighted by molar-refractivity contribution is -0.856. The summed E-state index contributed by atoms with van der Waals surface area (Å²) in [6.07, 6.45) is 0. The van der Waals surface area contributed by atoms with Gasteiger partial charge in [0.1, 0.15) is 11.3 Å². The summed E-state index contributed by atoms with van der Waals surface area (Å²) < 4.78 is 6.48. The van der Waals surface area contributed by atoms with Crippen molar-refractivity contribution in [2.75, 3.05) is 39.2 Å². The summed E-state index contributed by atoms with van der Waals surface area (Å²) in [4.78, 5) is 21.0. The van der Waals surface area contributed by atoms with Crippen LogP contribution in [0, 0.1) is 6.92 Å². The van der Waals surface area contributed by atoms with Crippen LogP contribution >= 0.6 is 22.9 Å². The summed E-state index contributed by atoms with van der Waals surface area (Å²) in [5, 5.41) is 1.10. The molecule has 3 aromatic rings. The molecule has 27 heavy (non-hydrogen) atoms. The van der Waals surface area contributed by atoms with E-state index in [2.05, 4.69) is 14.1 Å². The molecule has 1 heterocycles. The number of quaternary nitrogens is 1. The van der Waals surface area contributed by atoms with E-state index in [-0.39, 0.29) is 5.91 Å². The monoisotopic (exact) mass is 404 g/mol. The number of likely N-dealkylation sites (N-methyl/N-ethyl adjacent to an activating group) is 1. The van der Waals surface area contributed by atoms with Crippen molar-refractivity contribution < 1.29 is 14.4 Å². The number of hydrogen-bond acceptors (Lipinski definition) is 4. The van der Waals surface area contributed by atoms with Crippen molar-refractivity contribution in [1.29, 1.82) is 0 Å². The first-order valence-corrected chi connectivity index (χ1v) is 9.91. The van der Waals surface area contributed by atoms with Crippen molar-refractivity contribution in [2.45, 2.75) is 6.92 Å². The average Bonchev–Trinajstić information content (AvgIpc) is 3.08. The van der Waals surface area contributed by atoms with Crippen molar-refractivity contribution >= 4 is 44.2 Å². The summed E-state index contributed by atoms with van der Waals surface area (Å²) >= 11 is 7.78. The van der Waals surface area contributed by atoms with Crippen molar-refractivity contribution in [1.82, 2.24) is 4.98 Å². The van der Waals surface area contributed by atoms with Gasteiger partial charge in [-0.15, -0.1) is 0 Å². The average molecular weight is 405 g/mol. The molecular formula is C20H23ClN3O2S+. The second kappa shape index (κ2) is 8.25. The molecule has 0 unspecified atom stereocenters. The minimum atomic E-state index is -0.141. The van der Waals surface area contributed by atoms with E-state index in [4.69, 9.17) is 21.3 Å². The summed E-state index contributed by atoms with van der Waals surface area (Å²) in [5.74, 6) is 0.569. The van der Waals surface area contributed by atoms with Crippen molar-refractivity contribution in [3.8, 4) is 5.75 Å².